The summed E-state index contributed by atoms with van der Waals surface area (Å²) in [6.45, 7) is 0.124. The van der Waals surface area contributed by atoms with Crippen LogP contribution in [0.15, 0.2) is 33.2 Å². The van der Waals surface area contributed by atoms with Crippen LogP contribution in [-0.4, -0.2) is 27.0 Å². The number of benzene rings is 2. The number of halogens is 2. The summed E-state index contributed by atoms with van der Waals surface area (Å²) >= 11 is 6.90. The lowest BCUT2D eigenvalue weighted by atomic mass is 10.1. The molecule has 1 aliphatic heterocycles. The number of nitrogens with one attached hydrogen (secondary N) is 1. The van der Waals surface area contributed by atoms with Gasteiger partial charge in [-0.15, -0.1) is 0 Å². The predicted octanol–water partition coefficient (Wildman–Crippen LogP) is 4.48. The Morgan fingerprint density at radius 1 is 1.08 bits per heavy atom. The summed E-state index contributed by atoms with van der Waals surface area (Å²) in [5.41, 5.74) is 1.65. The van der Waals surface area contributed by atoms with Crippen molar-refractivity contribution in [3.05, 3.63) is 38.8 Å². The molecule has 1 aliphatic rings. The summed E-state index contributed by atoms with van der Waals surface area (Å²) in [5.74, 6) is 1.29. The van der Waals surface area contributed by atoms with Gasteiger partial charge in [0, 0.05) is 17.8 Å². The molecule has 3 rings (SSSR count). The molecule has 0 saturated carbocycles. The van der Waals surface area contributed by atoms with Gasteiger partial charge in [-0.2, -0.15) is 0 Å². The molecule has 126 valence electrons. The molecule has 8 heteroatoms. The highest BCUT2D eigenvalue weighted by Gasteiger charge is 2.22. The number of hydrogen-bond donors (Lipinski definition) is 1. The van der Waals surface area contributed by atoms with Crippen molar-refractivity contribution in [3.8, 4) is 17.2 Å². The Morgan fingerprint density at radius 2 is 1.71 bits per heavy atom. The van der Waals surface area contributed by atoms with Crippen LogP contribution in [0, 0.1) is 0 Å². The van der Waals surface area contributed by atoms with Gasteiger partial charge in [-0.25, -0.2) is 4.79 Å². The Morgan fingerprint density at radius 3 is 2.29 bits per heavy atom. The standard InChI is InChI=1S/C16H13Br2NO5/c1-21-15-10(17)3-8(4-11(15)18)19-12-6-14-13(23-7-24-14)5-9(12)16(20)22-2/h3-6,19H,7H2,1-2H3. The molecule has 0 radical (unpaired) electrons. The lowest BCUT2D eigenvalue weighted by Crippen LogP contribution is -2.06. The SMILES string of the molecule is COC(=O)c1cc2c(cc1Nc1cc(Br)c(OC)c(Br)c1)OCO2. The van der Waals surface area contributed by atoms with E-state index in [4.69, 9.17) is 18.9 Å². The van der Waals surface area contributed by atoms with Gasteiger partial charge in [0.15, 0.2) is 11.5 Å². The van der Waals surface area contributed by atoms with Gasteiger partial charge in [0.2, 0.25) is 6.79 Å². The first-order valence-electron chi connectivity index (χ1n) is 6.85. The molecule has 1 N–H and O–H groups in total. The van der Waals surface area contributed by atoms with Crippen LogP contribution < -0.4 is 19.5 Å². The molecule has 1 heterocycles. The average molecular weight is 459 g/mol. The summed E-state index contributed by atoms with van der Waals surface area (Å²) in [6.07, 6.45) is 0. The van der Waals surface area contributed by atoms with E-state index in [9.17, 15) is 4.79 Å². The number of esters is 1. The first-order valence-corrected chi connectivity index (χ1v) is 8.44. The van der Waals surface area contributed by atoms with Gasteiger partial charge in [-0.1, -0.05) is 0 Å². The summed E-state index contributed by atoms with van der Waals surface area (Å²) in [7, 11) is 2.92. The maximum absolute atomic E-state index is 12.1. The Balaban J connectivity index is 2.02. The second-order valence-corrected chi connectivity index (χ2v) is 6.55. The number of carbonyl (C=O) groups excluding carboxylic acids is 1. The van der Waals surface area contributed by atoms with Gasteiger partial charge in [0.05, 0.1) is 34.4 Å². The maximum Gasteiger partial charge on any atom is 0.340 e. The molecule has 6 nitrogen and oxygen atoms in total. The van der Waals surface area contributed by atoms with Crippen LogP contribution in [0.3, 0.4) is 0 Å². The largest absolute Gasteiger partial charge is 0.494 e. The molecule has 2 aromatic rings. The van der Waals surface area contributed by atoms with Crippen molar-refractivity contribution in [2.24, 2.45) is 0 Å². The molecular weight excluding hydrogens is 446 g/mol. The van der Waals surface area contributed by atoms with Crippen LogP contribution >= 0.6 is 31.9 Å². The third kappa shape index (κ3) is 3.16. The number of hydrogen-bond acceptors (Lipinski definition) is 6. The zero-order valence-corrected chi connectivity index (χ0v) is 16.0. The highest BCUT2D eigenvalue weighted by Crippen LogP contribution is 2.40. The van der Waals surface area contributed by atoms with E-state index in [2.05, 4.69) is 37.2 Å². The molecule has 0 unspecified atom stereocenters. The Bertz CT molecular complexity index is 786. The predicted molar refractivity (Wildman–Crippen MR) is 95.6 cm³/mol. The number of anilines is 2. The van der Waals surface area contributed by atoms with Crippen LogP contribution in [0.1, 0.15) is 10.4 Å². The molecule has 0 aromatic heterocycles. The topological polar surface area (TPSA) is 66.0 Å². The highest BCUT2D eigenvalue weighted by atomic mass is 79.9. The second kappa shape index (κ2) is 6.90. The van der Waals surface area contributed by atoms with Gasteiger partial charge >= 0.3 is 5.97 Å². The van der Waals surface area contributed by atoms with E-state index in [1.165, 1.54) is 7.11 Å². The van der Waals surface area contributed by atoms with Crippen molar-refractivity contribution in [3.63, 3.8) is 0 Å². The molecule has 2 aromatic carbocycles. The summed E-state index contributed by atoms with van der Waals surface area (Å²) in [4.78, 5) is 12.1. The third-order valence-electron chi connectivity index (χ3n) is 3.40. The average Bonchev–Trinajstić information content (AvgIpc) is 3.00. The molecule has 0 atom stereocenters. The monoisotopic (exact) mass is 457 g/mol. The van der Waals surface area contributed by atoms with Crippen molar-refractivity contribution < 1.29 is 23.7 Å². The Labute approximate surface area is 155 Å². The number of ether oxygens (including phenoxy) is 4. The van der Waals surface area contributed by atoms with Crippen molar-refractivity contribution in [2.75, 3.05) is 26.3 Å². The highest BCUT2D eigenvalue weighted by molar-refractivity contribution is 9.11. The van der Waals surface area contributed by atoms with Gasteiger partial charge < -0.3 is 24.3 Å². The molecular formula is C16H13Br2NO5. The number of carbonyl (C=O) groups is 1. The second-order valence-electron chi connectivity index (χ2n) is 4.84. The smallest absolute Gasteiger partial charge is 0.340 e. The third-order valence-corrected chi connectivity index (χ3v) is 4.58. The molecule has 0 spiro atoms. The molecule has 0 fully saturated rings. The van der Waals surface area contributed by atoms with Crippen LogP contribution in [0.25, 0.3) is 0 Å². The van der Waals surface area contributed by atoms with Crippen LogP contribution in [-0.2, 0) is 4.74 Å². The van der Waals surface area contributed by atoms with E-state index >= 15 is 0 Å². The minimum atomic E-state index is -0.470. The first-order chi connectivity index (χ1) is 11.5. The van der Waals surface area contributed by atoms with Gasteiger partial charge in [0.25, 0.3) is 0 Å². The number of methoxy groups -OCH3 is 2. The molecule has 0 bridgehead atoms. The minimum absolute atomic E-state index is 0.124. The first kappa shape index (κ1) is 16.9. The normalized spacial score (nSPS) is 12.0. The fraction of sp³-hybridized carbons (Fsp3) is 0.188. The minimum Gasteiger partial charge on any atom is -0.494 e. The van der Waals surface area contributed by atoms with E-state index in [1.54, 1.807) is 19.2 Å². The molecule has 0 aliphatic carbocycles. The van der Waals surface area contributed by atoms with Gasteiger partial charge in [0.1, 0.15) is 5.75 Å². The van der Waals surface area contributed by atoms with E-state index in [0.29, 0.717) is 28.5 Å². The Kier molecular flexibility index (Phi) is 4.86. The van der Waals surface area contributed by atoms with Crippen molar-refractivity contribution >= 4 is 49.2 Å². The quantitative estimate of drug-likeness (QED) is 0.681. The van der Waals surface area contributed by atoms with E-state index in [0.717, 1.165) is 14.6 Å². The molecule has 0 amide bonds. The fourth-order valence-corrected chi connectivity index (χ4v) is 3.82. The van der Waals surface area contributed by atoms with E-state index in [1.807, 2.05) is 12.1 Å². The van der Waals surface area contributed by atoms with E-state index in [-0.39, 0.29) is 6.79 Å². The zero-order valence-electron chi connectivity index (χ0n) is 12.8. The number of rotatable bonds is 4. The summed E-state index contributed by atoms with van der Waals surface area (Å²) < 4.78 is 22.4. The van der Waals surface area contributed by atoms with Crippen LogP contribution in [0.2, 0.25) is 0 Å². The molecule has 24 heavy (non-hydrogen) atoms. The van der Waals surface area contributed by atoms with Gasteiger partial charge in [-0.3, -0.25) is 0 Å². The van der Waals surface area contributed by atoms with Crippen molar-refractivity contribution in [1.82, 2.24) is 0 Å². The lowest BCUT2D eigenvalue weighted by molar-refractivity contribution is 0.0601. The Hall–Kier alpha value is -1.93. The van der Waals surface area contributed by atoms with Gasteiger partial charge in [-0.05, 0) is 44.0 Å². The summed E-state index contributed by atoms with van der Waals surface area (Å²) in [5, 5.41) is 3.20. The summed E-state index contributed by atoms with van der Waals surface area (Å²) in [6, 6.07) is 7.00. The molecule has 0 saturated heterocycles. The van der Waals surface area contributed by atoms with Crippen molar-refractivity contribution in [1.29, 1.82) is 0 Å². The lowest BCUT2D eigenvalue weighted by Gasteiger charge is -2.14. The van der Waals surface area contributed by atoms with Crippen LogP contribution in [0.4, 0.5) is 11.4 Å². The fourth-order valence-electron chi connectivity index (χ4n) is 2.31. The number of fused-ring (bicyclic) bond motifs is 1. The maximum atomic E-state index is 12.1. The van der Waals surface area contributed by atoms with E-state index < -0.39 is 5.97 Å². The van der Waals surface area contributed by atoms with Crippen molar-refractivity contribution in [2.45, 2.75) is 0 Å². The zero-order chi connectivity index (χ0) is 17.3. The van der Waals surface area contributed by atoms with Crippen LogP contribution in [0.5, 0.6) is 17.2 Å².